The smallest absolute Gasteiger partial charge is 0.317 e. The van der Waals surface area contributed by atoms with Crippen molar-refractivity contribution in [3.63, 3.8) is 0 Å². The van der Waals surface area contributed by atoms with E-state index in [1.807, 2.05) is 4.90 Å². The van der Waals surface area contributed by atoms with Gasteiger partial charge in [-0.1, -0.05) is 13.3 Å². The molecular formula is C13H27N3O. The van der Waals surface area contributed by atoms with Crippen molar-refractivity contribution in [1.29, 1.82) is 0 Å². The SMILES string of the molecule is CCCCNC(=O)N1CCN(C(C)(C)C)CC1. The van der Waals surface area contributed by atoms with E-state index in [1.165, 1.54) is 0 Å². The number of amides is 2. The molecule has 1 aliphatic rings. The van der Waals surface area contributed by atoms with Crippen LogP contribution in [0.4, 0.5) is 4.79 Å². The van der Waals surface area contributed by atoms with E-state index in [0.29, 0.717) is 0 Å². The molecule has 1 aliphatic heterocycles. The number of urea groups is 1. The standard InChI is InChI=1S/C13H27N3O/c1-5-6-7-14-12(17)15-8-10-16(11-9-15)13(2,3)4/h5-11H2,1-4H3,(H,14,17). The number of rotatable bonds is 3. The number of carbonyl (C=O) groups excluding carboxylic acids is 1. The maximum Gasteiger partial charge on any atom is 0.317 e. The van der Waals surface area contributed by atoms with Gasteiger partial charge in [0, 0.05) is 38.3 Å². The molecule has 0 aromatic heterocycles. The van der Waals surface area contributed by atoms with Crippen LogP contribution in [0.25, 0.3) is 0 Å². The molecule has 4 nitrogen and oxygen atoms in total. The first kappa shape index (κ1) is 14.3. The predicted octanol–water partition coefficient (Wildman–Crippen LogP) is 1.91. The van der Waals surface area contributed by atoms with Crippen molar-refractivity contribution in [2.45, 2.75) is 46.1 Å². The van der Waals surface area contributed by atoms with Gasteiger partial charge in [0.05, 0.1) is 0 Å². The molecule has 0 unspecified atom stereocenters. The summed E-state index contributed by atoms with van der Waals surface area (Å²) in [5.74, 6) is 0. The Bertz CT molecular complexity index is 240. The highest BCUT2D eigenvalue weighted by molar-refractivity contribution is 5.74. The summed E-state index contributed by atoms with van der Waals surface area (Å²) >= 11 is 0. The summed E-state index contributed by atoms with van der Waals surface area (Å²) in [5.41, 5.74) is 0.213. The Hall–Kier alpha value is -0.770. The van der Waals surface area contributed by atoms with Crippen LogP contribution in [0.2, 0.25) is 0 Å². The van der Waals surface area contributed by atoms with Gasteiger partial charge in [-0.2, -0.15) is 0 Å². The van der Waals surface area contributed by atoms with Gasteiger partial charge in [-0.25, -0.2) is 4.79 Å². The molecule has 0 saturated carbocycles. The lowest BCUT2D eigenvalue weighted by atomic mass is 10.1. The zero-order chi connectivity index (χ0) is 12.9. The molecule has 1 fully saturated rings. The normalized spacial score (nSPS) is 18.2. The van der Waals surface area contributed by atoms with Crippen LogP contribution >= 0.6 is 0 Å². The fourth-order valence-electron chi connectivity index (χ4n) is 2.06. The Balaban J connectivity index is 2.29. The topological polar surface area (TPSA) is 35.6 Å². The number of nitrogens with zero attached hydrogens (tertiary/aromatic N) is 2. The Morgan fingerprint density at radius 1 is 1.18 bits per heavy atom. The minimum absolute atomic E-state index is 0.104. The molecule has 0 spiro atoms. The number of nitrogens with one attached hydrogen (secondary N) is 1. The molecule has 4 heteroatoms. The summed E-state index contributed by atoms with van der Waals surface area (Å²) in [5, 5.41) is 2.98. The van der Waals surface area contributed by atoms with Gasteiger partial charge in [0.15, 0.2) is 0 Å². The van der Waals surface area contributed by atoms with Crippen molar-refractivity contribution >= 4 is 6.03 Å². The van der Waals surface area contributed by atoms with Crippen LogP contribution in [0, 0.1) is 0 Å². The van der Waals surface area contributed by atoms with Crippen LogP contribution in [0.5, 0.6) is 0 Å². The second-order valence-electron chi connectivity index (χ2n) is 5.73. The van der Waals surface area contributed by atoms with E-state index in [2.05, 4.69) is 37.9 Å². The highest BCUT2D eigenvalue weighted by Crippen LogP contribution is 2.15. The Labute approximate surface area is 105 Å². The lowest BCUT2D eigenvalue weighted by Crippen LogP contribution is -2.56. The molecule has 1 saturated heterocycles. The van der Waals surface area contributed by atoms with Crippen molar-refractivity contribution in [1.82, 2.24) is 15.1 Å². The van der Waals surface area contributed by atoms with E-state index in [0.717, 1.165) is 45.6 Å². The first-order chi connectivity index (χ1) is 7.95. The largest absolute Gasteiger partial charge is 0.338 e. The summed E-state index contributed by atoms with van der Waals surface area (Å²) in [4.78, 5) is 16.2. The van der Waals surface area contributed by atoms with Crippen molar-refractivity contribution in [3.05, 3.63) is 0 Å². The molecule has 1 heterocycles. The summed E-state index contributed by atoms with van der Waals surface area (Å²) in [6, 6.07) is 0.104. The molecule has 17 heavy (non-hydrogen) atoms. The first-order valence-electron chi connectivity index (χ1n) is 6.73. The third kappa shape index (κ3) is 4.54. The van der Waals surface area contributed by atoms with Gasteiger partial charge in [-0.15, -0.1) is 0 Å². The number of unbranched alkanes of at least 4 members (excludes halogenated alkanes) is 1. The molecule has 0 radical (unpaired) electrons. The van der Waals surface area contributed by atoms with Crippen LogP contribution in [0.15, 0.2) is 0 Å². The molecule has 0 bridgehead atoms. The molecule has 0 aromatic carbocycles. The van der Waals surface area contributed by atoms with Gasteiger partial charge in [0.2, 0.25) is 0 Å². The van der Waals surface area contributed by atoms with Gasteiger partial charge in [-0.3, -0.25) is 4.90 Å². The number of piperazine rings is 1. The Morgan fingerprint density at radius 3 is 2.24 bits per heavy atom. The first-order valence-corrected chi connectivity index (χ1v) is 6.73. The van der Waals surface area contributed by atoms with Crippen LogP contribution in [-0.2, 0) is 0 Å². The molecule has 100 valence electrons. The van der Waals surface area contributed by atoms with Gasteiger partial charge in [0.1, 0.15) is 0 Å². The molecule has 0 aliphatic carbocycles. The molecule has 0 atom stereocenters. The van der Waals surface area contributed by atoms with E-state index in [1.54, 1.807) is 0 Å². The zero-order valence-corrected chi connectivity index (χ0v) is 11.8. The fraction of sp³-hybridized carbons (Fsp3) is 0.923. The maximum absolute atomic E-state index is 11.8. The third-order valence-corrected chi connectivity index (χ3v) is 3.32. The average molecular weight is 241 g/mol. The van der Waals surface area contributed by atoms with E-state index >= 15 is 0 Å². The average Bonchev–Trinajstić information content (AvgIpc) is 2.28. The van der Waals surface area contributed by atoms with Crippen molar-refractivity contribution in [3.8, 4) is 0 Å². The van der Waals surface area contributed by atoms with Gasteiger partial charge in [0.25, 0.3) is 0 Å². The van der Waals surface area contributed by atoms with Crippen LogP contribution < -0.4 is 5.32 Å². The number of carbonyl (C=O) groups is 1. The summed E-state index contributed by atoms with van der Waals surface area (Å²) < 4.78 is 0. The number of hydrogen-bond acceptors (Lipinski definition) is 2. The maximum atomic E-state index is 11.8. The van der Waals surface area contributed by atoms with Crippen LogP contribution in [-0.4, -0.2) is 54.1 Å². The molecular weight excluding hydrogens is 214 g/mol. The highest BCUT2D eigenvalue weighted by atomic mass is 16.2. The Morgan fingerprint density at radius 2 is 1.76 bits per heavy atom. The summed E-state index contributed by atoms with van der Waals surface area (Å²) in [7, 11) is 0. The van der Waals surface area contributed by atoms with E-state index < -0.39 is 0 Å². The van der Waals surface area contributed by atoms with Crippen molar-refractivity contribution < 1.29 is 4.79 Å². The second kappa shape index (κ2) is 6.24. The molecule has 1 N–H and O–H groups in total. The highest BCUT2D eigenvalue weighted by Gasteiger charge is 2.27. The predicted molar refractivity (Wildman–Crippen MR) is 71.2 cm³/mol. The summed E-state index contributed by atoms with van der Waals surface area (Å²) in [6.45, 7) is 13.3. The minimum Gasteiger partial charge on any atom is -0.338 e. The Kier molecular flexibility index (Phi) is 5.25. The third-order valence-electron chi connectivity index (χ3n) is 3.32. The molecule has 2 amide bonds. The number of hydrogen-bond donors (Lipinski definition) is 1. The fourth-order valence-corrected chi connectivity index (χ4v) is 2.06. The van der Waals surface area contributed by atoms with Gasteiger partial charge < -0.3 is 10.2 Å². The van der Waals surface area contributed by atoms with E-state index in [9.17, 15) is 4.79 Å². The quantitative estimate of drug-likeness (QED) is 0.766. The summed E-state index contributed by atoms with van der Waals surface area (Å²) in [6.07, 6.45) is 2.19. The molecule has 1 rings (SSSR count). The van der Waals surface area contributed by atoms with Crippen molar-refractivity contribution in [2.24, 2.45) is 0 Å². The lowest BCUT2D eigenvalue weighted by Gasteiger charge is -2.42. The molecule has 0 aromatic rings. The minimum atomic E-state index is 0.104. The van der Waals surface area contributed by atoms with E-state index in [-0.39, 0.29) is 11.6 Å². The van der Waals surface area contributed by atoms with Crippen molar-refractivity contribution in [2.75, 3.05) is 32.7 Å². The second-order valence-corrected chi connectivity index (χ2v) is 5.73. The van der Waals surface area contributed by atoms with Crippen LogP contribution in [0.1, 0.15) is 40.5 Å². The van der Waals surface area contributed by atoms with E-state index in [4.69, 9.17) is 0 Å². The lowest BCUT2D eigenvalue weighted by molar-refractivity contribution is 0.0743. The van der Waals surface area contributed by atoms with Gasteiger partial charge >= 0.3 is 6.03 Å². The van der Waals surface area contributed by atoms with Gasteiger partial charge in [-0.05, 0) is 27.2 Å². The van der Waals surface area contributed by atoms with Crippen LogP contribution in [0.3, 0.4) is 0 Å². The monoisotopic (exact) mass is 241 g/mol. The zero-order valence-electron chi connectivity index (χ0n) is 11.8.